The average molecular weight is 368 g/mol. The Morgan fingerprint density at radius 2 is 1.76 bits per heavy atom. The summed E-state index contributed by atoms with van der Waals surface area (Å²) in [7, 11) is 0. The van der Waals surface area contributed by atoms with Gasteiger partial charge in [0, 0.05) is 12.1 Å². The van der Waals surface area contributed by atoms with Gasteiger partial charge < -0.3 is 0 Å². The number of rotatable bonds is 4. The Labute approximate surface area is 140 Å². The molecule has 3 aromatic rings. The third-order valence-corrected chi connectivity index (χ3v) is 4.13. The molecule has 11 heteroatoms. The molecule has 0 spiro atoms. The van der Waals surface area contributed by atoms with Crippen molar-refractivity contribution in [2.24, 2.45) is 0 Å². The second kappa shape index (κ2) is 6.36. The predicted molar refractivity (Wildman–Crippen MR) is 86.1 cm³/mol. The molecule has 0 saturated heterocycles. The van der Waals surface area contributed by atoms with Crippen LogP contribution in [0.1, 0.15) is 0 Å². The minimum Gasteiger partial charge on any atom is -0.299 e. The fourth-order valence-corrected chi connectivity index (χ4v) is 2.81. The summed E-state index contributed by atoms with van der Waals surface area (Å²) in [5.41, 5.74) is 4.48. The van der Waals surface area contributed by atoms with Crippen LogP contribution in [-0.2, 0) is 0 Å². The molecule has 1 heterocycles. The van der Waals surface area contributed by atoms with E-state index >= 15 is 0 Å². The highest BCUT2D eigenvalue weighted by Gasteiger charge is 2.17. The van der Waals surface area contributed by atoms with Gasteiger partial charge in [0.05, 0.1) is 20.7 Å². The largest absolute Gasteiger partial charge is 0.299 e. The van der Waals surface area contributed by atoms with Crippen molar-refractivity contribution in [3.05, 3.63) is 68.3 Å². The molecule has 2 aromatic carbocycles. The minimum atomic E-state index is -1.68. The number of hydrogen-bond donors (Lipinski definition) is 2. The molecule has 0 saturated carbocycles. The van der Waals surface area contributed by atoms with E-state index in [9.17, 15) is 28.1 Å². The van der Waals surface area contributed by atoms with Crippen LogP contribution in [0.2, 0.25) is 0 Å². The van der Waals surface area contributed by atoms with E-state index in [0.717, 1.165) is 0 Å². The van der Waals surface area contributed by atoms with Crippen molar-refractivity contribution >= 4 is 37.9 Å². The molecule has 0 radical (unpaired) electrons. The SMILES string of the molecule is O=c1nc(NNc2ccc([N+](=O)[O-])cc2)sc2c(F)c(F)c(F)cc12. The minimum absolute atomic E-state index is 0.0965. The van der Waals surface area contributed by atoms with E-state index in [-0.39, 0.29) is 20.9 Å². The lowest BCUT2D eigenvalue weighted by Gasteiger charge is -2.09. The number of halogens is 3. The highest BCUT2D eigenvalue weighted by atomic mass is 32.1. The molecule has 0 aliphatic rings. The van der Waals surface area contributed by atoms with Crippen LogP contribution in [-0.4, -0.2) is 9.91 Å². The first-order chi connectivity index (χ1) is 11.9. The van der Waals surface area contributed by atoms with Gasteiger partial charge in [-0.15, -0.1) is 0 Å². The summed E-state index contributed by atoms with van der Waals surface area (Å²) in [4.78, 5) is 25.4. The number of anilines is 2. The third-order valence-electron chi connectivity index (χ3n) is 3.14. The number of hydrazine groups is 1. The average Bonchev–Trinajstić information content (AvgIpc) is 2.59. The second-order valence-electron chi connectivity index (χ2n) is 4.74. The van der Waals surface area contributed by atoms with Gasteiger partial charge in [-0.1, -0.05) is 11.3 Å². The van der Waals surface area contributed by atoms with Gasteiger partial charge >= 0.3 is 0 Å². The number of benzene rings is 2. The summed E-state index contributed by atoms with van der Waals surface area (Å²) in [6.07, 6.45) is 0. The van der Waals surface area contributed by atoms with Crippen molar-refractivity contribution in [2.75, 3.05) is 10.9 Å². The van der Waals surface area contributed by atoms with Crippen LogP contribution in [0.3, 0.4) is 0 Å². The fraction of sp³-hybridized carbons (Fsp3) is 0. The van der Waals surface area contributed by atoms with Crippen LogP contribution in [0, 0.1) is 27.6 Å². The lowest BCUT2D eigenvalue weighted by molar-refractivity contribution is -0.384. The van der Waals surface area contributed by atoms with Crippen LogP contribution >= 0.6 is 11.3 Å². The standard InChI is InChI=1S/C14H7F3N4O3S/c15-9-5-8-12(11(17)10(9)16)25-14(18-13(8)22)20-19-6-1-3-7(4-2-6)21(23)24/h1-5,19H,(H,18,20,22). The first-order valence-corrected chi connectivity index (χ1v) is 7.43. The van der Waals surface area contributed by atoms with E-state index in [4.69, 9.17) is 0 Å². The molecule has 7 nitrogen and oxygen atoms in total. The highest BCUT2D eigenvalue weighted by Crippen LogP contribution is 2.27. The van der Waals surface area contributed by atoms with E-state index in [1.165, 1.54) is 24.3 Å². The maximum atomic E-state index is 13.8. The summed E-state index contributed by atoms with van der Waals surface area (Å²) in [5.74, 6) is -4.62. The zero-order valence-electron chi connectivity index (χ0n) is 12.0. The van der Waals surface area contributed by atoms with Crippen molar-refractivity contribution in [2.45, 2.75) is 0 Å². The lowest BCUT2D eigenvalue weighted by atomic mass is 10.2. The van der Waals surface area contributed by atoms with Crippen LogP contribution in [0.25, 0.3) is 10.1 Å². The number of fused-ring (bicyclic) bond motifs is 1. The lowest BCUT2D eigenvalue weighted by Crippen LogP contribution is -2.14. The molecule has 25 heavy (non-hydrogen) atoms. The number of nitrogens with zero attached hydrogens (tertiary/aromatic N) is 2. The van der Waals surface area contributed by atoms with Gasteiger partial charge in [-0.25, -0.2) is 13.2 Å². The molecular formula is C14H7F3N4O3S. The van der Waals surface area contributed by atoms with Gasteiger partial charge in [-0.05, 0) is 18.2 Å². The molecule has 0 unspecified atom stereocenters. The van der Waals surface area contributed by atoms with Crippen LogP contribution in [0.4, 0.5) is 29.7 Å². The quantitative estimate of drug-likeness (QED) is 0.416. The number of aromatic nitrogens is 1. The van der Waals surface area contributed by atoms with Gasteiger partial charge in [-0.2, -0.15) is 4.98 Å². The van der Waals surface area contributed by atoms with Gasteiger partial charge in [-0.3, -0.25) is 25.8 Å². The highest BCUT2D eigenvalue weighted by molar-refractivity contribution is 7.21. The van der Waals surface area contributed by atoms with E-state index in [1.807, 2.05) is 0 Å². The van der Waals surface area contributed by atoms with Crippen LogP contribution in [0.15, 0.2) is 35.1 Å². The van der Waals surface area contributed by atoms with Gasteiger partial charge in [0.15, 0.2) is 17.5 Å². The van der Waals surface area contributed by atoms with Crippen molar-refractivity contribution in [1.29, 1.82) is 0 Å². The second-order valence-corrected chi connectivity index (χ2v) is 5.74. The number of nitro benzene ring substituents is 1. The van der Waals surface area contributed by atoms with Crippen molar-refractivity contribution in [1.82, 2.24) is 4.98 Å². The smallest absolute Gasteiger partial charge is 0.281 e. The predicted octanol–water partition coefficient (Wildman–Crippen LogP) is 3.42. The Kier molecular flexibility index (Phi) is 4.23. The summed E-state index contributed by atoms with van der Waals surface area (Å²) >= 11 is 0.603. The zero-order chi connectivity index (χ0) is 18.1. The molecule has 0 fully saturated rings. The van der Waals surface area contributed by atoms with E-state index < -0.39 is 27.9 Å². The van der Waals surface area contributed by atoms with Crippen LogP contribution < -0.4 is 16.4 Å². The number of hydrogen-bond acceptors (Lipinski definition) is 7. The topological polar surface area (TPSA) is 97.2 Å². The first kappa shape index (κ1) is 16.6. The molecule has 0 amide bonds. The molecule has 0 atom stereocenters. The summed E-state index contributed by atoms with van der Waals surface area (Å²) in [6, 6.07) is 5.87. The summed E-state index contributed by atoms with van der Waals surface area (Å²) in [5, 5.41) is 10.1. The number of nitrogens with one attached hydrogen (secondary N) is 2. The van der Waals surface area contributed by atoms with E-state index in [2.05, 4.69) is 15.8 Å². The van der Waals surface area contributed by atoms with Crippen molar-refractivity contribution in [3.8, 4) is 0 Å². The fourth-order valence-electron chi connectivity index (χ4n) is 1.95. The van der Waals surface area contributed by atoms with Gasteiger partial charge in [0.1, 0.15) is 0 Å². The van der Waals surface area contributed by atoms with Crippen molar-refractivity contribution < 1.29 is 18.1 Å². The molecule has 128 valence electrons. The van der Waals surface area contributed by atoms with Gasteiger partial charge in [0.2, 0.25) is 5.13 Å². The molecule has 1 aromatic heterocycles. The monoisotopic (exact) mass is 368 g/mol. The maximum Gasteiger partial charge on any atom is 0.281 e. The zero-order valence-corrected chi connectivity index (χ0v) is 12.9. The third kappa shape index (κ3) is 3.21. The molecule has 0 aliphatic heterocycles. The Morgan fingerprint density at radius 3 is 2.40 bits per heavy atom. The number of nitro groups is 1. The van der Waals surface area contributed by atoms with Crippen LogP contribution in [0.5, 0.6) is 0 Å². The maximum absolute atomic E-state index is 13.8. The Morgan fingerprint density at radius 1 is 1.08 bits per heavy atom. The summed E-state index contributed by atoms with van der Waals surface area (Å²) < 4.78 is 40.0. The molecular weight excluding hydrogens is 361 g/mol. The van der Waals surface area contributed by atoms with E-state index in [1.54, 1.807) is 0 Å². The molecule has 3 rings (SSSR count). The Bertz CT molecular complexity index is 1040. The first-order valence-electron chi connectivity index (χ1n) is 6.61. The van der Waals surface area contributed by atoms with Gasteiger partial charge in [0.25, 0.3) is 11.2 Å². The van der Waals surface area contributed by atoms with Crippen molar-refractivity contribution in [3.63, 3.8) is 0 Å². The molecule has 0 bridgehead atoms. The normalized spacial score (nSPS) is 10.7. The Hall–Kier alpha value is -3.21. The Balaban J connectivity index is 1.89. The molecule has 2 N–H and O–H groups in total. The molecule has 0 aliphatic carbocycles. The number of non-ortho nitro benzene ring substituents is 1. The van der Waals surface area contributed by atoms with E-state index in [0.29, 0.717) is 23.1 Å². The summed E-state index contributed by atoms with van der Waals surface area (Å²) in [6.45, 7) is 0.